The van der Waals surface area contributed by atoms with Crippen molar-refractivity contribution in [3.8, 4) is 0 Å². The molecule has 1 aromatic carbocycles. The molecule has 60 valence electrons. The monoisotopic (exact) mass is 163 g/mol. The molecule has 12 heavy (non-hydrogen) atoms. The summed E-state index contributed by atoms with van der Waals surface area (Å²) < 4.78 is 13.0. The quantitative estimate of drug-likeness (QED) is 0.641. The lowest BCUT2D eigenvalue weighted by molar-refractivity contribution is 0.112. The van der Waals surface area contributed by atoms with Gasteiger partial charge in [0.25, 0.3) is 0 Å². The van der Waals surface area contributed by atoms with E-state index in [1.807, 2.05) is 0 Å². The lowest BCUT2D eigenvalue weighted by Gasteiger charge is -1.90. The average Bonchev–Trinajstić information content (AvgIpc) is 2.49. The van der Waals surface area contributed by atoms with Gasteiger partial charge in [-0.1, -0.05) is 12.1 Å². The van der Waals surface area contributed by atoms with Gasteiger partial charge in [0.05, 0.1) is 5.52 Å². The Morgan fingerprint density at radius 1 is 1.42 bits per heavy atom. The van der Waals surface area contributed by atoms with Crippen LogP contribution in [0, 0.1) is 5.82 Å². The van der Waals surface area contributed by atoms with Crippen LogP contribution < -0.4 is 0 Å². The maximum atomic E-state index is 13.0. The van der Waals surface area contributed by atoms with Gasteiger partial charge in [0.1, 0.15) is 5.82 Å². The van der Waals surface area contributed by atoms with Crippen LogP contribution in [0.5, 0.6) is 0 Å². The van der Waals surface area contributed by atoms with Crippen molar-refractivity contribution in [2.75, 3.05) is 0 Å². The van der Waals surface area contributed by atoms with Crippen LogP contribution in [-0.2, 0) is 0 Å². The van der Waals surface area contributed by atoms with Gasteiger partial charge in [0.2, 0.25) is 0 Å². The fraction of sp³-hybridized carbons (Fsp3) is 0. The van der Waals surface area contributed by atoms with E-state index in [4.69, 9.17) is 0 Å². The van der Waals surface area contributed by atoms with Gasteiger partial charge in [-0.2, -0.15) is 0 Å². The molecule has 2 nitrogen and oxygen atoms in total. The van der Waals surface area contributed by atoms with Gasteiger partial charge >= 0.3 is 0 Å². The number of aldehydes is 1. The summed E-state index contributed by atoms with van der Waals surface area (Å²) in [4.78, 5) is 13.2. The summed E-state index contributed by atoms with van der Waals surface area (Å²) in [6, 6.07) is 4.64. The number of para-hydroxylation sites is 1. The average molecular weight is 163 g/mol. The molecule has 0 radical (unpaired) electrons. The topological polar surface area (TPSA) is 32.9 Å². The maximum Gasteiger partial charge on any atom is 0.152 e. The molecule has 0 aliphatic heterocycles. The van der Waals surface area contributed by atoms with Crippen molar-refractivity contribution in [1.82, 2.24) is 4.98 Å². The highest BCUT2D eigenvalue weighted by Crippen LogP contribution is 2.18. The van der Waals surface area contributed by atoms with E-state index >= 15 is 0 Å². The van der Waals surface area contributed by atoms with Crippen molar-refractivity contribution in [1.29, 1.82) is 0 Å². The number of hydrogen-bond donors (Lipinski definition) is 1. The smallest absolute Gasteiger partial charge is 0.152 e. The van der Waals surface area contributed by atoms with E-state index < -0.39 is 0 Å². The Kier molecular flexibility index (Phi) is 1.43. The second-order valence-electron chi connectivity index (χ2n) is 2.52. The highest BCUT2D eigenvalue weighted by Gasteiger charge is 2.04. The minimum absolute atomic E-state index is 0.333. The summed E-state index contributed by atoms with van der Waals surface area (Å²) in [5, 5.41) is 0.630. The molecule has 0 fully saturated rings. The predicted molar refractivity (Wildman–Crippen MR) is 43.6 cm³/mol. The Hall–Kier alpha value is -1.64. The molecule has 0 amide bonds. The zero-order chi connectivity index (χ0) is 8.55. The number of aromatic nitrogens is 1. The zero-order valence-corrected chi connectivity index (χ0v) is 6.17. The lowest BCUT2D eigenvalue weighted by Crippen LogP contribution is -1.77. The van der Waals surface area contributed by atoms with E-state index in [9.17, 15) is 9.18 Å². The van der Waals surface area contributed by atoms with E-state index in [0.29, 0.717) is 22.8 Å². The number of carbonyl (C=O) groups excluding carboxylic acids is 1. The Morgan fingerprint density at radius 2 is 2.25 bits per heavy atom. The molecule has 0 spiro atoms. The molecule has 0 atom stereocenters. The first kappa shape index (κ1) is 7.03. The number of nitrogens with one attached hydrogen (secondary N) is 1. The van der Waals surface area contributed by atoms with Gasteiger partial charge in [0, 0.05) is 17.1 Å². The van der Waals surface area contributed by atoms with Gasteiger partial charge in [-0.25, -0.2) is 4.39 Å². The van der Waals surface area contributed by atoms with Gasteiger partial charge in [-0.15, -0.1) is 0 Å². The SMILES string of the molecule is O=Cc1c[nH]c2c(F)cccc12. The van der Waals surface area contributed by atoms with Crippen LogP contribution in [0.3, 0.4) is 0 Å². The normalized spacial score (nSPS) is 10.4. The van der Waals surface area contributed by atoms with E-state index in [1.165, 1.54) is 12.3 Å². The van der Waals surface area contributed by atoms with Gasteiger partial charge in [-0.05, 0) is 6.07 Å². The summed E-state index contributed by atoms with van der Waals surface area (Å²) in [6.07, 6.45) is 2.21. The molecule has 0 saturated heterocycles. The molecular formula is C9H6FNO. The number of halogens is 1. The van der Waals surface area contributed by atoms with Crippen LogP contribution in [0.1, 0.15) is 10.4 Å². The third-order valence-electron chi connectivity index (χ3n) is 1.82. The Bertz CT molecular complexity index is 433. The first-order valence-electron chi connectivity index (χ1n) is 3.53. The molecule has 1 N–H and O–H groups in total. The summed E-state index contributed by atoms with van der Waals surface area (Å²) in [5.74, 6) is -0.333. The van der Waals surface area contributed by atoms with Crippen molar-refractivity contribution >= 4 is 17.2 Å². The van der Waals surface area contributed by atoms with E-state index in [-0.39, 0.29) is 5.82 Å². The zero-order valence-electron chi connectivity index (χ0n) is 6.17. The summed E-state index contributed by atoms with van der Waals surface area (Å²) in [5.41, 5.74) is 0.879. The van der Waals surface area contributed by atoms with Crippen molar-refractivity contribution < 1.29 is 9.18 Å². The van der Waals surface area contributed by atoms with Gasteiger partial charge in [-0.3, -0.25) is 4.79 Å². The molecule has 0 aliphatic rings. The Morgan fingerprint density at radius 3 is 3.00 bits per heavy atom. The largest absolute Gasteiger partial charge is 0.358 e. The molecule has 0 bridgehead atoms. The van der Waals surface area contributed by atoms with Gasteiger partial charge < -0.3 is 4.98 Å². The second-order valence-corrected chi connectivity index (χ2v) is 2.52. The highest BCUT2D eigenvalue weighted by molar-refractivity contribution is 5.97. The first-order chi connectivity index (χ1) is 5.83. The molecule has 2 rings (SSSR count). The minimum Gasteiger partial charge on any atom is -0.358 e. The van der Waals surface area contributed by atoms with E-state index in [1.54, 1.807) is 12.1 Å². The number of carbonyl (C=O) groups is 1. The molecular weight excluding hydrogens is 157 g/mol. The third-order valence-corrected chi connectivity index (χ3v) is 1.82. The number of benzene rings is 1. The predicted octanol–water partition coefficient (Wildman–Crippen LogP) is 2.12. The van der Waals surface area contributed by atoms with Crippen LogP contribution in [0.4, 0.5) is 4.39 Å². The maximum absolute atomic E-state index is 13.0. The molecule has 0 unspecified atom stereocenters. The van der Waals surface area contributed by atoms with Crippen LogP contribution in [-0.4, -0.2) is 11.3 Å². The van der Waals surface area contributed by atoms with Crippen molar-refractivity contribution in [3.05, 3.63) is 35.8 Å². The fourth-order valence-electron chi connectivity index (χ4n) is 1.24. The van der Waals surface area contributed by atoms with E-state index in [2.05, 4.69) is 4.98 Å². The van der Waals surface area contributed by atoms with Crippen LogP contribution >= 0.6 is 0 Å². The highest BCUT2D eigenvalue weighted by atomic mass is 19.1. The molecule has 0 saturated carbocycles. The lowest BCUT2D eigenvalue weighted by atomic mass is 10.2. The number of fused-ring (bicyclic) bond motifs is 1. The molecule has 1 aromatic heterocycles. The molecule has 2 aromatic rings. The van der Waals surface area contributed by atoms with Crippen molar-refractivity contribution in [2.45, 2.75) is 0 Å². The summed E-state index contributed by atoms with van der Waals surface area (Å²) in [7, 11) is 0. The number of hydrogen-bond acceptors (Lipinski definition) is 1. The summed E-state index contributed by atoms with van der Waals surface area (Å²) in [6.45, 7) is 0. The Labute approximate surface area is 68.0 Å². The van der Waals surface area contributed by atoms with Crippen molar-refractivity contribution in [3.63, 3.8) is 0 Å². The van der Waals surface area contributed by atoms with Crippen molar-refractivity contribution in [2.24, 2.45) is 0 Å². The molecule has 1 heterocycles. The standard InChI is InChI=1S/C9H6FNO/c10-8-3-1-2-7-6(5-12)4-11-9(7)8/h1-5,11H. The Balaban J connectivity index is 2.88. The third kappa shape index (κ3) is 0.830. The minimum atomic E-state index is -0.333. The molecule has 0 aliphatic carbocycles. The fourth-order valence-corrected chi connectivity index (χ4v) is 1.24. The van der Waals surface area contributed by atoms with Crippen LogP contribution in [0.25, 0.3) is 10.9 Å². The molecule has 3 heteroatoms. The van der Waals surface area contributed by atoms with Gasteiger partial charge in [0.15, 0.2) is 6.29 Å². The van der Waals surface area contributed by atoms with Crippen LogP contribution in [0.2, 0.25) is 0 Å². The second kappa shape index (κ2) is 2.44. The number of aromatic amines is 1. The van der Waals surface area contributed by atoms with E-state index in [0.717, 1.165) is 0 Å². The number of rotatable bonds is 1. The number of H-pyrrole nitrogens is 1. The summed E-state index contributed by atoms with van der Waals surface area (Å²) >= 11 is 0. The first-order valence-corrected chi connectivity index (χ1v) is 3.53. The van der Waals surface area contributed by atoms with Crippen LogP contribution in [0.15, 0.2) is 24.4 Å².